The van der Waals surface area contributed by atoms with Crippen LogP contribution in [0.3, 0.4) is 0 Å². The van der Waals surface area contributed by atoms with Crippen LogP contribution in [0.2, 0.25) is 0 Å². The Labute approximate surface area is 184 Å². The van der Waals surface area contributed by atoms with E-state index in [1.54, 1.807) is 42.5 Å². The van der Waals surface area contributed by atoms with Gasteiger partial charge >= 0.3 is 5.97 Å². The van der Waals surface area contributed by atoms with E-state index in [2.05, 4.69) is 10.6 Å². The summed E-state index contributed by atoms with van der Waals surface area (Å²) in [5, 5.41) is 5.53. The molecule has 0 unspecified atom stereocenters. The molecule has 0 bridgehead atoms. The maximum atomic E-state index is 12.4. The van der Waals surface area contributed by atoms with E-state index in [0.29, 0.717) is 27.6 Å². The van der Waals surface area contributed by atoms with Crippen LogP contribution in [0.25, 0.3) is 0 Å². The highest BCUT2D eigenvalue weighted by Crippen LogP contribution is 2.34. The van der Waals surface area contributed by atoms with Crippen molar-refractivity contribution in [2.75, 3.05) is 24.5 Å². The first-order valence-electron chi connectivity index (χ1n) is 9.84. The topological polar surface area (TPSA) is 103 Å². The summed E-state index contributed by atoms with van der Waals surface area (Å²) in [6.07, 6.45) is 0.785. The number of rotatable bonds is 9. The fourth-order valence-corrected chi connectivity index (χ4v) is 3.54. The highest BCUT2D eigenvalue weighted by atomic mass is 32.2. The third kappa shape index (κ3) is 6.39. The minimum Gasteiger partial charge on any atom is -0.454 e. The van der Waals surface area contributed by atoms with Gasteiger partial charge in [-0.1, -0.05) is 19.1 Å². The van der Waals surface area contributed by atoms with E-state index in [1.165, 1.54) is 11.8 Å². The summed E-state index contributed by atoms with van der Waals surface area (Å²) in [6.45, 7) is 3.63. The number of carbonyl (C=O) groups excluding carboxylic acids is 3. The molecule has 1 aliphatic heterocycles. The Morgan fingerprint density at radius 3 is 2.68 bits per heavy atom. The van der Waals surface area contributed by atoms with Gasteiger partial charge in [0.2, 0.25) is 12.7 Å². The van der Waals surface area contributed by atoms with E-state index < -0.39 is 5.97 Å². The zero-order valence-electron chi connectivity index (χ0n) is 17.3. The van der Waals surface area contributed by atoms with Gasteiger partial charge in [0.15, 0.2) is 18.1 Å². The van der Waals surface area contributed by atoms with E-state index in [9.17, 15) is 14.4 Å². The first-order valence-corrected chi connectivity index (χ1v) is 10.8. The molecule has 2 aromatic rings. The van der Waals surface area contributed by atoms with Gasteiger partial charge in [-0.3, -0.25) is 9.59 Å². The molecule has 0 saturated heterocycles. The molecule has 1 aliphatic rings. The highest BCUT2D eigenvalue weighted by Gasteiger charge is 2.17. The fourth-order valence-electron chi connectivity index (χ4n) is 2.70. The summed E-state index contributed by atoms with van der Waals surface area (Å²) in [7, 11) is 0. The van der Waals surface area contributed by atoms with Gasteiger partial charge in [-0.2, -0.15) is 0 Å². The number of thioether (sulfide) groups is 1. The molecule has 0 spiro atoms. The summed E-state index contributed by atoms with van der Waals surface area (Å²) in [5.41, 5.74) is 0.898. The second-order valence-corrected chi connectivity index (χ2v) is 7.87. The first kappa shape index (κ1) is 22.5. The Kier molecular flexibility index (Phi) is 7.77. The maximum Gasteiger partial charge on any atom is 0.339 e. The summed E-state index contributed by atoms with van der Waals surface area (Å²) in [6, 6.07) is 12.0. The number of benzene rings is 2. The van der Waals surface area contributed by atoms with Crippen molar-refractivity contribution in [2.45, 2.75) is 31.2 Å². The van der Waals surface area contributed by atoms with E-state index in [1.807, 2.05) is 13.8 Å². The molecule has 1 heterocycles. The van der Waals surface area contributed by atoms with Gasteiger partial charge in [0, 0.05) is 22.7 Å². The molecule has 9 heteroatoms. The number of amides is 2. The van der Waals surface area contributed by atoms with Crippen molar-refractivity contribution in [2.24, 2.45) is 0 Å². The van der Waals surface area contributed by atoms with Crippen LogP contribution in [0.1, 0.15) is 30.6 Å². The lowest BCUT2D eigenvalue weighted by Gasteiger charge is -2.12. The van der Waals surface area contributed by atoms with Gasteiger partial charge in [0.05, 0.1) is 11.3 Å². The number of nitrogens with one attached hydrogen (secondary N) is 2. The number of fused-ring (bicyclic) bond motifs is 1. The molecule has 31 heavy (non-hydrogen) atoms. The largest absolute Gasteiger partial charge is 0.454 e. The Morgan fingerprint density at radius 2 is 1.87 bits per heavy atom. The lowest BCUT2D eigenvalue weighted by atomic mass is 10.2. The molecule has 1 atom stereocenters. The minimum absolute atomic E-state index is 0.0114. The standard InChI is InChI=1S/C22H24N2O6S/c1-3-14(2)23-20(25)11-28-22(27)16-6-4-5-7-19(16)31-12-21(26)24-15-8-9-17-18(10-15)30-13-29-17/h4-10,14H,3,11-13H2,1-2H3,(H,23,25)(H,24,26)/t14-/m0/s1. The number of ether oxygens (including phenoxy) is 3. The molecule has 164 valence electrons. The van der Waals surface area contributed by atoms with Crippen LogP contribution in [0.15, 0.2) is 47.4 Å². The van der Waals surface area contributed by atoms with Gasteiger partial charge in [-0.05, 0) is 37.6 Å². The van der Waals surface area contributed by atoms with Crippen molar-refractivity contribution in [3.63, 3.8) is 0 Å². The monoisotopic (exact) mass is 444 g/mol. The maximum absolute atomic E-state index is 12.4. The summed E-state index contributed by atoms with van der Waals surface area (Å²) in [4.78, 5) is 37.2. The predicted octanol–water partition coefficient (Wildman–Crippen LogP) is 3.22. The lowest BCUT2D eigenvalue weighted by Crippen LogP contribution is -2.35. The third-order valence-corrected chi connectivity index (χ3v) is 5.55. The van der Waals surface area contributed by atoms with Crippen molar-refractivity contribution in [1.29, 1.82) is 0 Å². The molecule has 0 fully saturated rings. The van der Waals surface area contributed by atoms with Crippen LogP contribution in [0.4, 0.5) is 5.69 Å². The SMILES string of the molecule is CC[C@H](C)NC(=O)COC(=O)c1ccccc1SCC(=O)Nc1ccc2c(c1)OCO2. The van der Waals surface area contributed by atoms with Gasteiger partial charge in [-0.25, -0.2) is 4.79 Å². The van der Waals surface area contributed by atoms with Crippen LogP contribution in [0, 0.1) is 0 Å². The molecule has 0 aliphatic carbocycles. The van der Waals surface area contributed by atoms with E-state index in [0.717, 1.165) is 6.42 Å². The quantitative estimate of drug-likeness (QED) is 0.452. The molecule has 2 N–H and O–H groups in total. The van der Waals surface area contributed by atoms with Crippen LogP contribution in [-0.4, -0.2) is 43.0 Å². The molecule has 0 radical (unpaired) electrons. The summed E-state index contributed by atoms with van der Waals surface area (Å²) in [5.74, 6) is 0.107. The summed E-state index contributed by atoms with van der Waals surface area (Å²) < 4.78 is 15.7. The minimum atomic E-state index is -0.612. The average Bonchev–Trinajstić information content (AvgIpc) is 3.24. The Bertz CT molecular complexity index is 965. The fraction of sp³-hybridized carbons (Fsp3) is 0.318. The number of hydrogen-bond acceptors (Lipinski definition) is 7. The second-order valence-electron chi connectivity index (χ2n) is 6.85. The van der Waals surface area contributed by atoms with E-state index >= 15 is 0 Å². The molecule has 2 amide bonds. The molecule has 8 nitrogen and oxygen atoms in total. The molecule has 2 aromatic carbocycles. The first-order chi connectivity index (χ1) is 15.0. The molecular formula is C22H24N2O6S. The number of anilines is 1. The summed E-state index contributed by atoms with van der Waals surface area (Å²) >= 11 is 1.21. The van der Waals surface area contributed by atoms with Crippen molar-refractivity contribution in [3.05, 3.63) is 48.0 Å². The van der Waals surface area contributed by atoms with Gasteiger partial charge in [-0.15, -0.1) is 11.8 Å². The van der Waals surface area contributed by atoms with E-state index in [-0.39, 0.29) is 37.0 Å². The molecular weight excluding hydrogens is 420 g/mol. The Morgan fingerprint density at radius 1 is 1.10 bits per heavy atom. The van der Waals surface area contributed by atoms with Crippen LogP contribution < -0.4 is 20.1 Å². The Hall–Kier alpha value is -3.20. The average molecular weight is 445 g/mol. The Balaban J connectivity index is 1.53. The predicted molar refractivity (Wildman–Crippen MR) is 117 cm³/mol. The number of esters is 1. The van der Waals surface area contributed by atoms with Crippen molar-refractivity contribution in [3.8, 4) is 11.5 Å². The third-order valence-electron chi connectivity index (χ3n) is 4.48. The van der Waals surface area contributed by atoms with Crippen LogP contribution >= 0.6 is 11.8 Å². The zero-order valence-corrected chi connectivity index (χ0v) is 18.1. The highest BCUT2D eigenvalue weighted by molar-refractivity contribution is 8.00. The van der Waals surface area contributed by atoms with Gasteiger partial charge in [0.1, 0.15) is 0 Å². The number of hydrogen-bond donors (Lipinski definition) is 2. The van der Waals surface area contributed by atoms with Crippen molar-refractivity contribution >= 4 is 35.2 Å². The zero-order chi connectivity index (χ0) is 22.2. The molecule has 0 aromatic heterocycles. The smallest absolute Gasteiger partial charge is 0.339 e. The second kappa shape index (κ2) is 10.7. The van der Waals surface area contributed by atoms with E-state index in [4.69, 9.17) is 14.2 Å². The van der Waals surface area contributed by atoms with Crippen LogP contribution in [0.5, 0.6) is 11.5 Å². The molecule has 3 rings (SSSR count). The van der Waals surface area contributed by atoms with Gasteiger partial charge in [0.25, 0.3) is 5.91 Å². The number of carbonyl (C=O) groups is 3. The van der Waals surface area contributed by atoms with Crippen molar-refractivity contribution < 1.29 is 28.6 Å². The molecule has 0 saturated carbocycles. The lowest BCUT2D eigenvalue weighted by molar-refractivity contribution is -0.124. The van der Waals surface area contributed by atoms with Gasteiger partial charge < -0.3 is 24.8 Å². The van der Waals surface area contributed by atoms with Crippen molar-refractivity contribution in [1.82, 2.24) is 5.32 Å². The van der Waals surface area contributed by atoms with Crippen LogP contribution in [-0.2, 0) is 14.3 Å². The normalized spacial score (nSPS) is 12.7.